The van der Waals surface area contributed by atoms with Crippen LogP contribution < -0.4 is 0 Å². The standard InChI is InChI=1S/C17H20BrNO2.C17H18BrNO/c1-19(9-10-20)12-14-7-8-15(18)11-16(14)17(21)13-5-3-2-4-6-13;1-19-9-10-20-17(13-5-3-2-4-6-13)16-11-15(18)8-7-14(16)12-19/h2-8,11,17,20-21H,9-10,12H2,1H3;2-8,11,17H,9-10,12H2,1H3. The van der Waals surface area contributed by atoms with Crippen LogP contribution in [-0.4, -0.2) is 60.4 Å². The first-order valence-corrected chi connectivity index (χ1v) is 15.4. The van der Waals surface area contributed by atoms with E-state index in [2.05, 4.69) is 86.3 Å². The van der Waals surface area contributed by atoms with Gasteiger partial charge < -0.3 is 14.9 Å². The van der Waals surface area contributed by atoms with Crippen molar-refractivity contribution in [1.29, 1.82) is 0 Å². The molecule has 0 aromatic heterocycles. The van der Waals surface area contributed by atoms with Gasteiger partial charge in [0.15, 0.2) is 0 Å². The van der Waals surface area contributed by atoms with Gasteiger partial charge in [-0.2, -0.15) is 0 Å². The van der Waals surface area contributed by atoms with E-state index < -0.39 is 6.10 Å². The zero-order valence-corrected chi connectivity index (χ0v) is 26.8. The van der Waals surface area contributed by atoms with Crippen LogP contribution in [0.4, 0.5) is 0 Å². The summed E-state index contributed by atoms with van der Waals surface area (Å²) in [7, 11) is 4.09. The molecule has 7 heteroatoms. The molecule has 5 nitrogen and oxygen atoms in total. The molecule has 0 aliphatic carbocycles. The molecule has 1 heterocycles. The lowest BCUT2D eigenvalue weighted by atomic mass is 9.96. The maximum absolute atomic E-state index is 10.7. The van der Waals surface area contributed by atoms with Gasteiger partial charge in [0, 0.05) is 35.1 Å². The molecule has 0 saturated carbocycles. The molecule has 0 radical (unpaired) electrons. The van der Waals surface area contributed by atoms with Gasteiger partial charge >= 0.3 is 0 Å². The molecule has 0 fully saturated rings. The molecule has 0 amide bonds. The summed E-state index contributed by atoms with van der Waals surface area (Å²) in [6, 6.07) is 32.5. The summed E-state index contributed by atoms with van der Waals surface area (Å²) in [6.45, 7) is 4.10. The Morgan fingerprint density at radius 3 is 2.29 bits per heavy atom. The maximum Gasteiger partial charge on any atom is 0.108 e. The molecule has 5 rings (SSSR count). The largest absolute Gasteiger partial charge is 0.395 e. The molecule has 1 aliphatic heterocycles. The first kappa shape index (κ1) is 31.6. The molecule has 2 unspecified atom stereocenters. The average molecular weight is 682 g/mol. The fourth-order valence-corrected chi connectivity index (χ4v) is 5.72. The van der Waals surface area contributed by atoms with Gasteiger partial charge in [0.05, 0.1) is 13.2 Å². The molecule has 4 aromatic rings. The predicted molar refractivity (Wildman–Crippen MR) is 173 cm³/mol. The molecule has 0 saturated heterocycles. The molecule has 2 N–H and O–H groups in total. The monoisotopic (exact) mass is 680 g/mol. The Bertz CT molecular complexity index is 1370. The van der Waals surface area contributed by atoms with E-state index in [0.29, 0.717) is 13.1 Å². The maximum atomic E-state index is 10.7. The highest BCUT2D eigenvalue weighted by molar-refractivity contribution is 9.10. The first-order valence-electron chi connectivity index (χ1n) is 13.8. The second-order valence-electron chi connectivity index (χ2n) is 10.4. The van der Waals surface area contributed by atoms with Crippen molar-refractivity contribution in [3.05, 3.63) is 139 Å². The highest BCUT2D eigenvalue weighted by atomic mass is 79.9. The normalized spacial score (nSPS) is 16.2. The lowest BCUT2D eigenvalue weighted by molar-refractivity contribution is 0.0553. The van der Waals surface area contributed by atoms with Crippen LogP contribution in [0.5, 0.6) is 0 Å². The van der Waals surface area contributed by atoms with Crippen molar-refractivity contribution in [2.45, 2.75) is 25.3 Å². The number of rotatable bonds is 7. The third kappa shape index (κ3) is 9.06. The lowest BCUT2D eigenvalue weighted by Gasteiger charge is -2.28. The zero-order valence-electron chi connectivity index (χ0n) is 23.6. The van der Waals surface area contributed by atoms with Crippen molar-refractivity contribution in [1.82, 2.24) is 9.80 Å². The van der Waals surface area contributed by atoms with E-state index in [1.807, 2.05) is 66.5 Å². The first-order chi connectivity index (χ1) is 19.9. The Kier molecular flexibility index (Phi) is 12.1. The molecule has 1 aliphatic rings. The fourth-order valence-electron chi connectivity index (χ4n) is 4.96. The van der Waals surface area contributed by atoms with Crippen LogP contribution >= 0.6 is 31.9 Å². The summed E-state index contributed by atoms with van der Waals surface area (Å²) in [6.07, 6.45) is -0.626. The van der Waals surface area contributed by atoms with Crippen LogP contribution in [-0.2, 0) is 17.8 Å². The molecular weight excluding hydrogens is 644 g/mol. The number of hydrogen-bond acceptors (Lipinski definition) is 5. The minimum atomic E-state index is -0.652. The second-order valence-corrected chi connectivity index (χ2v) is 12.2. The summed E-state index contributed by atoms with van der Waals surface area (Å²) < 4.78 is 8.20. The number of fused-ring (bicyclic) bond motifs is 1. The quantitative estimate of drug-likeness (QED) is 0.221. The smallest absolute Gasteiger partial charge is 0.108 e. The highest BCUT2D eigenvalue weighted by Crippen LogP contribution is 2.33. The number of aliphatic hydroxyl groups is 2. The fraction of sp³-hybridized carbons (Fsp3) is 0.294. The van der Waals surface area contributed by atoms with E-state index in [9.17, 15) is 5.11 Å². The van der Waals surface area contributed by atoms with Crippen molar-refractivity contribution >= 4 is 31.9 Å². The Hall–Kier alpha value is -2.36. The highest BCUT2D eigenvalue weighted by Gasteiger charge is 2.22. The van der Waals surface area contributed by atoms with Gasteiger partial charge in [-0.15, -0.1) is 0 Å². The summed E-state index contributed by atoms with van der Waals surface area (Å²) in [5.41, 5.74) is 6.64. The minimum Gasteiger partial charge on any atom is -0.395 e. The van der Waals surface area contributed by atoms with E-state index in [0.717, 1.165) is 45.3 Å². The number of hydrogen-bond donors (Lipinski definition) is 2. The van der Waals surface area contributed by atoms with Crippen LogP contribution in [0.3, 0.4) is 0 Å². The van der Waals surface area contributed by atoms with E-state index in [4.69, 9.17) is 9.84 Å². The Morgan fingerprint density at radius 1 is 0.927 bits per heavy atom. The lowest BCUT2D eigenvalue weighted by Crippen LogP contribution is -2.27. The summed E-state index contributed by atoms with van der Waals surface area (Å²) in [5.74, 6) is 0. The molecule has 216 valence electrons. The average Bonchev–Trinajstić information content (AvgIpc) is 2.97. The number of halogens is 2. The number of ether oxygens (including phenoxy) is 1. The zero-order chi connectivity index (χ0) is 29.2. The van der Waals surface area contributed by atoms with Crippen LogP contribution in [0.15, 0.2) is 106 Å². The molecule has 41 heavy (non-hydrogen) atoms. The Morgan fingerprint density at radius 2 is 1.59 bits per heavy atom. The molecule has 4 aromatic carbocycles. The summed E-state index contributed by atoms with van der Waals surface area (Å²) >= 11 is 7.05. The molecule has 0 bridgehead atoms. The third-order valence-electron chi connectivity index (χ3n) is 7.13. The summed E-state index contributed by atoms with van der Waals surface area (Å²) in [4.78, 5) is 4.33. The topological polar surface area (TPSA) is 56.2 Å². The Balaban J connectivity index is 0.000000189. The van der Waals surface area contributed by atoms with Gasteiger partial charge in [0.2, 0.25) is 0 Å². The minimum absolute atomic E-state index is 0.0254. The van der Waals surface area contributed by atoms with E-state index in [-0.39, 0.29) is 12.7 Å². The predicted octanol–water partition coefficient (Wildman–Crippen LogP) is 6.96. The van der Waals surface area contributed by atoms with E-state index in [1.54, 1.807) is 0 Å². The number of likely N-dealkylation sites (N-methyl/N-ethyl adjacent to an activating group) is 2. The summed E-state index contributed by atoms with van der Waals surface area (Å²) in [5, 5.41) is 19.7. The van der Waals surface area contributed by atoms with Gasteiger partial charge in [-0.1, -0.05) is 105 Å². The number of aliphatic hydroxyl groups excluding tert-OH is 2. The van der Waals surface area contributed by atoms with Crippen molar-refractivity contribution in [3.63, 3.8) is 0 Å². The molecular formula is C34H38Br2N2O3. The van der Waals surface area contributed by atoms with Gasteiger partial charge in [-0.25, -0.2) is 0 Å². The van der Waals surface area contributed by atoms with Crippen LogP contribution in [0.2, 0.25) is 0 Å². The van der Waals surface area contributed by atoms with Crippen LogP contribution in [0.1, 0.15) is 45.6 Å². The second kappa shape index (κ2) is 15.8. The number of nitrogens with zero attached hydrogens (tertiary/aromatic N) is 2. The van der Waals surface area contributed by atoms with Crippen molar-refractivity contribution < 1.29 is 14.9 Å². The van der Waals surface area contributed by atoms with Gasteiger partial charge in [0.25, 0.3) is 0 Å². The van der Waals surface area contributed by atoms with Crippen molar-refractivity contribution in [3.8, 4) is 0 Å². The molecule has 2 atom stereocenters. The number of benzene rings is 4. The van der Waals surface area contributed by atoms with Crippen LogP contribution in [0, 0.1) is 0 Å². The van der Waals surface area contributed by atoms with Crippen molar-refractivity contribution in [2.24, 2.45) is 0 Å². The van der Waals surface area contributed by atoms with Gasteiger partial charge in [-0.3, -0.25) is 9.80 Å². The van der Waals surface area contributed by atoms with Crippen molar-refractivity contribution in [2.75, 3.05) is 40.4 Å². The SMILES string of the molecule is CN(CCO)Cc1ccc(Br)cc1C(O)c1ccccc1.CN1CCOC(c2ccccc2)c2cc(Br)ccc2C1. The Labute approximate surface area is 260 Å². The van der Waals surface area contributed by atoms with Gasteiger partial charge in [-0.05, 0) is 71.7 Å². The third-order valence-corrected chi connectivity index (χ3v) is 8.12. The molecule has 0 spiro atoms. The van der Waals surface area contributed by atoms with E-state index >= 15 is 0 Å². The van der Waals surface area contributed by atoms with Gasteiger partial charge in [0.1, 0.15) is 12.2 Å². The van der Waals surface area contributed by atoms with Crippen LogP contribution in [0.25, 0.3) is 0 Å². The van der Waals surface area contributed by atoms with E-state index in [1.165, 1.54) is 16.7 Å².